The number of morpholine rings is 1. The van der Waals surface area contributed by atoms with Crippen LogP contribution in [0, 0.1) is 22.9 Å². The summed E-state index contributed by atoms with van der Waals surface area (Å²) in [7, 11) is 1.55. The number of carbonyl (C=O) groups is 1. The summed E-state index contributed by atoms with van der Waals surface area (Å²) >= 11 is 0. The molecule has 0 saturated carbocycles. The minimum absolute atomic E-state index is 0.0324. The third-order valence-electron chi connectivity index (χ3n) is 8.89. The number of fused-ring (bicyclic) bond motifs is 1. The molecule has 0 aliphatic carbocycles. The number of benzene rings is 2. The van der Waals surface area contributed by atoms with E-state index in [0.29, 0.717) is 80.5 Å². The second kappa shape index (κ2) is 14.1. The molecule has 8 nitrogen and oxygen atoms in total. The van der Waals surface area contributed by atoms with Crippen LogP contribution < -0.4 is 10.1 Å². The number of nitrogens with one attached hydrogen (secondary N) is 1. The van der Waals surface area contributed by atoms with Crippen molar-refractivity contribution in [2.24, 2.45) is 5.41 Å². The first-order valence-corrected chi connectivity index (χ1v) is 14.9. The van der Waals surface area contributed by atoms with Crippen molar-refractivity contribution in [3.05, 3.63) is 65.1 Å². The molecule has 44 heavy (non-hydrogen) atoms. The van der Waals surface area contributed by atoms with Gasteiger partial charge in [0.15, 0.2) is 11.6 Å². The third-order valence-corrected chi connectivity index (χ3v) is 8.89. The molecule has 0 amide bonds. The molecule has 0 radical (unpaired) electrons. The first-order chi connectivity index (χ1) is 21.2. The summed E-state index contributed by atoms with van der Waals surface area (Å²) in [4.78, 5) is 21.3. The van der Waals surface area contributed by atoms with Gasteiger partial charge in [0, 0.05) is 62.0 Å². The summed E-state index contributed by atoms with van der Waals surface area (Å²) in [6.07, 6.45) is 1.14. The quantitative estimate of drug-likeness (QED) is 0.202. The normalized spacial score (nSPS) is 18.3. The third kappa shape index (κ3) is 7.24. The molecule has 3 heterocycles. The lowest BCUT2D eigenvalue weighted by atomic mass is 9.74. The Hall–Kier alpha value is -3.48. The SMILES string of the molecule is COc1ccc2ncc(CN3CCOCC3)c([C@H](F)CCC3(C(=O)O)CCN(CCNc4cc(F)cc(F)c4F)CC3)c2c1. The fourth-order valence-corrected chi connectivity index (χ4v) is 6.21. The van der Waals surface area contributed by atoms with Gasteiger partial charge < -0.3 is 24.8 Å². The molecule has 0 bridgehead atoms. The van der Waals surface area contributed by atoms with E-state index in [1.165, 1.54) is 0 Å². The molecule has 3 aromatic rings. The smallest absolute Gasteiger partial charge is 0.309 e. The summed E-state index contributed by atoms with van der Waals surface area (Å²) in [5.74, 6) is -3.66. The van der Waals surface area contributed by atoms with Gasteiger partial charge in [0.25, 0.3) is 0 Å². The van der Waals surface area contributed by atoms with Gasteiger partial charge in [0.05, 0.1) is 36.9 Å². The number of nitrogens with zero attached hydrogens (tertiary/aromatic N) is 3. The number of methoxy groups -OCH3 is 1. The molecule has 0 spiro atoms. The van der Waals surface area contributed by atoms with E-state index in [-0.39, 0.29) is 25.1 Å². The topological polar surface area (TPSA) is 87.2 Å². The Morgan fingerprint density at radius 2 is 1.86 bits per heavy atom. The highest BCUT2D eigenvalue weighted by Gasteiger charge is 2.42. The number of anilines is 1. The average molecular weight is 619 g/mol. The zero-order chi connectivity index (χ0) is 31.3. The van der Waals surface area contributed by atoms with Crippen LogP contribution >= 0.6 is 0 Å². The number of aliphatic carboxylic acids is 1. The van der Waals surface area contributed by atoms with Crippen LogP contribution in [0.15, 0.2) is 36.5 Å². The number of aromatic nitrogens is 1. The van der Waals surface area contributed by atoms with Crippen LogP contribution in [0.25, 0.3) is 10.9 Å². The maximum absolute atomic E-state index is 16.4. The Bertz CT molecular complexity index is 1460. The zero-order valence-corrected chi connectivity index (χ0v) is 24.8. The van der Waals surface area contributed by atoms with Crippen molar-refractivity contribution in [2.75, 3.05) is 64.9 Å². The van der Waals surface area contributed by atoms with Crippen LogP contribution in [-0.4, -0.2) is 85.5 Å². The van der Waals surface area contributed by atoms with Crippen LogP contribution in [0.1, 0.15) is 43.0 Å². The second-order valence-corrected chi connectivity index (χ2v) is 11.6. The van der Waals surface area contributed by atoms with Crippen molar-refractivity contribution >= 4 is 22.6 Å². The maximum Gasteiger partial charge on any atom is 0.309 e. The van der Waals surface area contributed by atoms with Crippen molar-refractivity contribution in [2.45, 2.75) is 38.4 Å². The van der Waals surface area contributed by atoms with Gasteiger partial charge in [-0.15, -0.1) is 0 Å². The number of piperidine rings is 1. The molecule has 5 rings (SSSR count). The van der Waals surface area contributed by atoms with E-state index in [0.717, 1.165) is 24.7 Å². The maximum atomic E-state index is 16.4. The van der Waals surface area contributed by atoms with Gasteiger partial charge in [-0.3, -0.25) is 14.7 Å². The van der Waals surface area contributed by atoms with Crippen molar-refractivity contribution in [3.63, 3.8) is 0 Å². The number of alkyl halides is 1. The van der Waals surface area contributed by atoms with Gasteiger partial charge in [-0.1, -0.05) is 0 Å². The molecule has 1 atom stereocenters. The molecule has 0 unspecified atom stereocenters. The van der Waals surface area contributed by atoms with Crippen LogP contribution in [0.3, 0.4) is 0 Å². The van der Waals surface area contributed by atoms with Gasteiger partial charge >= 0.3 is 5.97 Å². The highest BCUT2D eigenvalue weighted by Crippen LogP contribution is 2.42. The average Bonchev–Trinajstić information content (AvgIpc) is 3.02. The molecule has 2 aliphatic heterocycles. The fraction of sp³-hybridized carbons (Fsp3) is 0.500. The molecular formula is C32H38F4N4O4. The van der Waals surface area contributed by atoms with E-state index >= 15 is 4.39 Å². The molecule has 2 N–H and O–H groups in total. The molecule has 2 aromatic carbocycles. The first-order valence-electron chi connectivity index (χ1n) is 14.9. The van der Waals surface area contributed by atoms with Gasteiger partial charge in [-0.25, -0.2) is 17.6 Å². The number of carboxylic acids is 1. The number of likely N-dealkylation sites (tertiary alicyclic amines) is 1. The van der Waals surface area contributed by atoms with Crippen molar-refractivity contribution in [1.29, 1.82) is 0 Å². The Morgan fingerprint density at radius 1 is 1.11 bits per heavy atom. The summed E-state index contributed by atoms with van der Waals surface area (Å²) in [6.45, 7) is 4.73. The summed E-state index contributed by atoms with van der Waals surface area (Å²) in [6, 6.07) is 6.75. The molecule has 12 heteroatoms. The number of hydrogen-bond acceptors (Lipinski definition) is 7. The van der Waals surface area contributed by atoms with Gasteiger partial charge in [-0.2, -0.15) is 0 Å². The minimum atomic E-state index is -1.41. The second-order valence-electron chi connectivity index (χ2n) is 11.6. The summed E-state index contributed by atoms with van der Waals surface area (Å²) < 4.78 is 68.2. The highest BCUT2D eigenvalue weighted by molar-refractivity contribution is 5.85. The molecule has 2 aliphatic rings. The number of hydrogen-bond donors (Lipinski definition) is 2. The largest absolute Gasteiger partial charge is 0.497 e. The van der Waals surface area contributed by atoms with Crippen LogP contribution in [0.2, 0.25) is 0 Å². The monoisotopic (exact) mass is 618 g/mol. The Morgan fingerprint density at radius 3 is 2.57 bits per heavy atom. The van der Waals surface area contributed by atoms with Gasteiger partial charge in [0.1, 0.15) is 17.7 Å². The van der Waals surface area contributed by atoms with Crippen LogP contribution in [0.5, 0.6) is 5.75 Å². The lowest BCUT2D eigenvalue weighted by molar-refractivity contribution is -0.153. The highest BCUT2D eigenvalue weighted by atomic mass is 19.2. The van der Waals surface area contributed by atoms with Crippen molar-refractivity contribution in [1.82, 2.24) is 14.8 Å². The molecule has 2 fully saturated rings. The summed E-state index contributed by atoms with van der Waals surface area (Å²) in [5.41, 5.74) is 0.580. The van der Waals surface area contributed by atoms with E-state index in [4.69, 9.17) is 9.47 Å². The van der Waals surface area contributed by atoms with E-state index in [1.807, 2.05) is 4.90 Å². The standard InChI is InChI=1S/C32H38F4N4O4/c1-43-23-2-3-27-24(18-23)29(21(19-38-27)20-40-12-14-44-15-13-40)25(34)4-5-32(31(41)42)6-9-39(10-7-32)11-8-37-28-17-22(33)16-26(35)30(28)36/h2-3,16-19,25,37H,4-15,20H2,1H3,(H,41,42)/t25-/m1/s1. The van der Waals surface area contributed by atoms with Gasteiger partial charge in [-0.05, 0) is 62.5 Å². The fourth-order valence-electron chi connectivity index (χ4n) is 6.21. The minimum Gasteiger partial charge on any atom is -0.497 e. The van der Waals surface area contributed by atoms with E-state index < -0.39 is 35.0 Å². The van der Waals surface area contributed by atoms with Gasteiger partial charge in [0.2, 0.25) is 0 Å². The Labute approximate surface area is 253 Å². The molecule has 2 saturated heterocycles. The van der Waals surface area contributed by atoms with E-state index in [2.05, 4.69) is 15.2 Å². The van der Waals surface area contributed by atoms with Crippen LogP contribution in [0.4, 0.5) is 23.2 Å². The zero-order valence-electron chi connectivity index (χ0n) is 24.8. The number of ether oxygens (including phenoxy) is 2. The first kappa shape index (κ1) is 31.9. The Balaban J connectivity index is 1.25. The van der Waals surface area contributed by atoms with Crippen LogP contribution in [-0.2, 0) is 16.1 Å². The Kier molecular flexibility index (Phi) is 10.2. The lowest BCUT2D eigenvalue weighted by Gasteiger charge is -2.39. The van der Waals surface area contributed by atoms with E-state index in [1.54, 1.807) is 31.5 Å². The molecule has 1 aromatic heterocycles. The molecular weight excluding hydrogens is 580 g/mol. The van der Waals surface area contributed by atoms with Crippen molar-refractivity contribution in [3.8, 4) is 5.75 Å². The number of rotatable bonds is 12. The van der Waals surface area contributed by atoms with Crippen molar-refractivity contribution < 1.29 is 36.9 Å². The predicted molar refractivity (Wildman–Crippen MR) is 158 cm³/mol. The number of carboxylic acid groups (broad SMARTS) is 1. The lowest BCUT2D eigenvalue weighted by Crippen LogP contribution is -2.45. The summed E-state index contributed by atoms with van der Waals surface area (Å²) in [5, 5.41) is 13.6. The predicted octanol–water partition coefficient (Wildman–Crippen LogP) is 5.56. The number of halogens is 4. The molecule has 238 valence electrons. The number of pyridine rings is 1. The van der Waals surface area contributed by atoms with E-state index in [9.17, 15) is 23.1 Å².